The van der Waals surface area contributed by atoms with Gasteiger partial charge in [0.2, 0.25) is 0 Å². The highest BCUT2D eigenvalue weighted by molar-refractivity contribution is 6.74. The number of hydrogen-bond donors (Lipinski definition) is 3. The molecule has 3 atom stereocenters. The third-order valence-corrected chi connectivity index (χ3v) is 17.2. The van der Waals surface area contributed by atoms with Gasteiger partial charge in [-0.1, -0.05) is 50.0 Å². The zero-order chi connectivity index (χ0) is 46.6. The van der Waals surface area contributed by atoms with Crippen LogP contribution in [0.25, 0.3) is 0 Å². The van der Waals surface area contributed by atoms with Crippen molar-refractivity contribution in [3.8, 4) is 11.5 Å². The first kappa shape index (κ1) is 48.8. The summed E-state index contributed by atoms with van der Waals surface area (Å²) in [6.45, 7) is 20.2. The third-order valence-electron chi connectivity index (χ3n) is 12.1. The van der Waals surface area contributed by atoms with Crippen molar-refractivity contribution in [2.45, 2.75) is 109 Å². The van der Waals surface area contributed by atoms with Gasteiger partial charge in [-0.3, -0.25) is 19.8 Å². The van der Waals surface area contributed by atoms with Crippen molar-refractivity contribution in [1.82, 2.24) is 20.7 Å². The largest absolute Gasteiger partial charge is 0.497 e. The number of ether oxygens (including phenoxy) is 4. The van der Waals surface area contributed by atoms with Gasteiger partial charge in [-0.2, -0.15) is 0 Å². The maximum absolute atomic E-state index is 13.0. The summed E-state index contributed by atoms with van der Waals surface area (Å²) in [7, 11) is 1.27. The second kappa shape index (κ2) is 20.3. The van der Waals surface area contributed by atoms with E-state index in [1.165, 1.54) is 0 Å². The molecule has 3 aromatic carbocycles. The number of anilines is 3. The fourth-order valence-electron chi connectivity index (χ4n) is 7.75. The summed E-state index contributed by atoms with van der Waals surface area (Å²) < 4.78 is 29.0. The molecule has 0 radical (unpaired) electrons. The van der Waals surface area contributed by atoms with Crippen LogP contribution in [0.5, 0.6) is 11.5 Å². The van der Waals surface area contributed by atoms with E-state index < -0.39 is 19.9 Å². The number of benzene rings is 3. The van der Waals surface area contributed by atoms with Gasteiger partial charge >= 0.3 is 12.1 Å². The minimum absolute atomic E-state index is 0.00610. The number of rotatable bonds is 10. The summed E-state index contributed by atoms with van der Waals surface area (Å²) in [4.78, 5) is 37.9. The topological polar surface area (TPSA) is 146 Å². The molecule has 0 spiro atoms. The van der Waals surface area contributed by atoms with E-state index in [0.717, 1.165) is 41.8 Å². The minimum atomic E-state index is -1.92. The summed E-state index contributed by atoms with van der Waals surface area (Å²) in [6.07, 6.45) is 2.17. The maximum atomic E-state index is 13.0. The number of nitrogens with one attached hydrogen (secondary N) is 3. The molecule has 3 fully saturated rings. The Morgan fingerprint density at radius 1 is 0.812 bits per heavy atom. The normalized spacial score (nSPS) is 19.5. The van der Waals surface area contributed by atoms with Gasteiger partial charge in [0.1, 0.15) is 23.6 Å². The van der Waals surface area contributed by atoms with E-state index in [9.17, 15) is 14.4 Å². The van der Waals surface area contributed by atoms with Crippen LogP contribution in [-0.2, 0) is 25.2 Å². The Morgan fingerprint density at radius 3 is 1.98 bits per heavy atom. The Bertz CT molecular complexity index is 2150. The van der Waals surface area contributed by atoms with Crippen LogP contribution in [0.2, 0.25) is 28.2 Å². The number of carbonyl (C=O) groups is 3. The van der Waals surface area contributed by atoms with Gasteiger partial charge in [-0.25, -0.2) is 14.6 Å². The lowest BCUT2D eigenvalue weighted by molar-refractivity contribution is -0.129. The molecular weight excluding hydrogens is 878 g/mol. The van der Waals surface area contributed by atoms with Crippen LogP contribution in [0.1, 0.15) is 78.0 Å². The molecule has 7 rings (SSSR count). The molecule has 0 aliphatic carbocycles. The van der Waals surface area contributed by atoms with Crippen molar-refractivity contribution in [2.75, 3.05) is 68.9 Å². The van der Waals surface area contributed by atoms with Gasteiger partial charge in [0.15, 0.2) is 8.32 Å². The van der Waals surface area contributed by atoms with Gasteiger partial charge in [0.25, 0.3) is 5.91 Å². The lowest BCUT2D eigenvalue weighted by Crippen LogP contribution is -2.54. The van der Waals surface area contributed by atoms with Crippen LogP contribution in [0.3, 0.4) is 0 Å². The van der Waals surface area contributed by atoms with E-state index in [-0.39, 0.29) is 41.8 Å². The number of nitrogens with zero attached hydrogens (tertiary/aromatic N) is 4. The van der Waals surface area contributed by atoms with Crippen molar-refractivity contribution < 1.29 is 37.8 Å². The quantitative estimate of drug-likeness (QED) is 0.167. The standard InChI is InChI=1S/C31H44ClN5O5Si.C15H21ClN2O3/c1-31(2,3)43(5,6)42-28-19-41-27-16-25(28)35-24-11-8-20(14-22(24)27)17-33-30(39)34-18-29(38)37-13-7-12-36(37)26-15-21(40-4)9-10-23(26)32;1-15(2,3)21-14(19)18-9-5-8-17(18)13-10-11(20-4)6-7-12(13)16/h8-11,14-15,25,27-28,35H,7,12-13,16-19H2,1-6H3,(H2,33,34,39);6-7,10H,5,8-9H2,1-4H3/t25-,27-,28-;/m1./s1. The lowest BCUT2D eigenvalue weighted by Gasteiger charge is -2.47. The monoisotopic (exact) mass is 941 g/mol. The number of halogens is 2. The molecule has 2 bridgehead atoms. The SMILES string of the molecule is COc1ccc(Cl)c(N2CCCN2C(=O)CNC(=O)NCc2ccc3c(c2)[C@H]2C[C@@H](N3)[C@H](O[Si](C)(C)C(C)(C)C)CO2)c1.COc1ccc(Cl)c(N2CCCN2C(=O)OC(C)(C)C)c1. The zero-order valence-electron chi connectivity index (χ0n) is 38.8. The summed E-state index contributed by atoms with van der Waals surface area (Å²) in [5.74, 6) is 1.14. The molecular formula is C46H65Cl2N7O8Si. The number of amides is 4. The van der Waals surface area contributed by atoms with E-state index in [0.29, 0.717) is 66.6 Å². The first-order chi connectivity index (χ1) is 30.2. The first-order valence-corrected chi connectivity index (χ1v) is 25.6. The van der Waals surface area contributed by atoms with Gasteiger partial charge in [0.05, 0.1) is 60.5 Å². The van der Waals surface area contributed by atoms with E-state index >= 15 is 0 Å². The second-order valence-electron chi connectivity index (χ2n) is 18.9. The Labute approximate surface area is 389 Å². The van der Waals surface area contributed by atoms with Gasteiger partial charge in [-0.05, 0) is 93.7 Å². The van der Waals surface area contributed by atoms with E-state index in [1.807, 2.05) is 49.0 Å². The minimum Gasteiger partial charge on any atom is -0.497 e. The van der Waals surface area contributed by atoms with Crippen molar-refractivity contribution in [3.63, 3.8) is 0 Å². The molecule has 0 saturated carbocycles. The van der Waals surface area contributed by atoms with Crippen LogP contribution in [0, 0.1) is 0 Å². The second-order valence-corrected chi connectivity index (χ2v) is 24.5. The van der Waals surface area contributed by atoms with Gasteiger partial charge < -0.3 is 39.3 Å². The third kappa shape index (κ3) is 11.8. The fourth-order valence-corrected chi connectivity index (χ4v) is 9.52. The van der Waals surface area contributed by atoms with Crippen LogP contribution in [0.4, 0.5) is 26.7 Å². The van der Waals surface area contributed by atoms with Crippen LogP contribution in [-0.4, -0.2) is 108 Å². The van der Waals surface area contributed by atoms with Crippen molar-refractivity contribution >= 4 is 66.6 Å². The van der Waals surface area contributed by atoms with Crippen LogP contribution < -0.4 is 35.4 Å². The van der Waals surface area contributed by atoms with Crippen LogP contribution >= 0.6 is 23.2 Å². The number of carbonyl (C=O) groups excluding carboxylic acids is 3. The van der Waals surface area contributed by atoms with Crippen LogP contribution in [0.15, 0.2) is 54.6 Å². The molecule has 0 aromatic heterocycles. The Kier molecular flexibility index (Phi) is 15.5. The van der Waals surface area contributed by atoms with Gasteiger partial charge in [0, 0.05) is 62.5 Å². The molecule has 0 unspecified atom stereocenters. The Balaban J connectivity index is 0.000000271. The smallest absolute Gasteiger partial charge is 0.429 e. The number of fused-ring (bicyclic) bond motifs is 4. The molecule has 4 heterocycles. The molecule has 3 saturated heterocycles. The number of urea groups is 1. The van der Waals surface area contributed by atoms with Gasteiger partial charge in [-0.15, -0.1) is 0 Å². The molecule has 4 aliphatic heterocycles. The Morgan fingerprint density at radius 2 is 1.41 bits per heavy atom. The summed E-state index contributed by atoms with van der Waals surface area (Å²) in [5, 5.41) is 17.4. The summed E-state index contributed by atoms with van der Waals surface area (Å²) in [6, 6.07) is 16.7. The average Bonchev–Trinajstić information content (AvgIpc) is 3.94. The molecule has 64 heavy (non-hydrogen) atoms. The maximum Gasteiger partial charge on any atom is 0.429 e. The molecule has 3 N–H and O–H groups in total. The van der Waals surface area contributed by atoms with Crippen molar-refractivity contribution in [2.24, 2.45) is 0 Å². The predicted molar refractivity (Wildman–Crippen MR) is 254 cm³/mol. The Hall–Kier alpha value is -4.61. The first-order valence-electron chi connectivity index (χ1n) is 21.9. The molecule has 350 valence electrons. The van der Waals surface area contributed by atoms with Crippen molar-refractivity contribution in [1.29, 1.82) is 0 Å². The summed E-state index contributed by atoms with van der Waals surface area (Å²) >= 11 is 12.7. The highest BCUT2D eigenvalue weighted by atomic mass is 35.5. The van der Waals surface area contributed by atoms with E-state index in [1.54, 1.807) is 48.5 Å². The molecule has 18 heteroatoms. The van der Waals surface area contributed by atoms with E-state index in [4.69, 9.17) is 46.6 Å². The number of hydrogen-bond acceptors (Lipinski definition) is 11. The highest BCUT2D eigenvalue weighted by Crippen LogP contribution is 2.44. The molecule has 4 aliphatic rings. The predicted octanol–water partition coefficient (Wildman–Crippen LogP) is 9.16. The molecule has 15 nitrogen and oxygen atoms in total. The average molecular weight is 943 g/mol. The zero-order valence-corrected chi connectivity index (χ0v) is 41.3. The van der Waals surface area contributed by atoms with E-state index in [2.05, 4.69) is 61.9 Å². The fraction of sp³-hybridized carbons (Fsp3) is 0.543. The number of methoxy groups -OCH3 is 2. The van der Waals surface area contributed by atoms with Crippen molar-refractivity contribution in [3.05, 3.63) is 75.8 Å². The summed E-state index contributed by atoms with van der Waals surface area (Å²) in [5.41, 5.74) is 4.03. The molecule has 4 amide bonds. The molecule has 3 aromatic rings. The number of hydrazine groups is 2. The lowest BCUT2D eigenvalue weighted by atomic mass is 9.89. The highest BCUT2D eigenvalue weighted by Gasteiger charge is 2.45.